The number of carbonyl (C=O) groups excluding carboxylic acids is 2. The van der Waals surface area contributed by atoms with Gasteiger partial charge in [0.1, 0.15) is 0 Å². The molecule has 144 valence electrons. The molecule has 2 amide bonds. The summed E-state index contributed by atoms with van der Waals surface area (Å²) in [6.07, 6.45) is 16.2. The summed E-state index contributed by atoms with van der Waals surface area (Å²) in [5.74, 6) is 0.651. The van der Waals surface area contributed by atoms with Crippen molar-refractivity contribution in [3.05, 3.63) is 12.7 Å². The lowest BCUT2D eigenvalue weighted by Gasteiger charge is -2.14. The van der Waals surface area contributed by atoms with Gasteiger partial charge in [-0.15, -0.1) is 6.58 Å². The lowest BCUT2D eigenvalue weighted by atomic mass is 10.1. The molecule has 0 radical (unpaired) electrons. The van der Waals surface area contributed by atoms with Crippen molar-refractivity contribution in [1.82, 2.24) is 9.80 Å². The Labute approximate surface area is 154 Å². The van der Waals surface area contributed by atoms with E-state index in [1.54, 1.807) is 6.08 Å². The number of carbonyl (C=O) groups is 2. The molecule has 0 aromatic rings. The van der Waals surface area contributed by atoms with Gasteiger partial charge in [-0.25, -0.2) is 0 Å². The molecule has 0 saturated carbocycles. The monoisotopic (exact) mass is 350 g/mol. The minimum atomic E-state index is 0.273. The van der Waals surface area contributed by atoms with Crippen LogP contribution in [0.1, 0.15) is 84.0 Å². The molecule has 0 spiro atoms. The molecule has 2 aliphatic rings. The number of amides is 2. The first-order chi connectivity index (χ1) is 12.2. The molecule has 2 saturated heterocycles. The third kappa shape index (κ3) is 9.66. The van der Waals surface area contributed by atoms with Gasteiger partial charge in [0.15, 0.2) is 0 Å². The molecule has 2 aliphatic heterocycles. The highest BCUT2D eigenvalue weighted by Gasteiger charge is 2.19. The highest BCUT2D eigenvalue weighted by atomic mass is 16.2. The van der Waals surface area contributed by atoms with Gasteiger partial charge in [-0.1, -0.05) is 57.9 Å². The van der Waals surface area contributed by atoms with Crippen molar-refractivity contribution >= 4 is 11.8 Å². The third-order valence-corrected chi connectivity index (χ3v) is 4.97. The van der Waals surface area contributed by atoms with Crippen LogP contribution in [0.4, 0.5) is 0 Å². The van der Waals surface area contributed by atoms with E-state index in [2.05, 4.69) is 13.5 Å². The maximum atomic E-state index is 11.3. The topological polar surface area (TPSA) is 40.6 Å². The fraction of sp³-hybridized carbons (Fsp3) is 0.810. The van der Waals surface area contributed by atoms with Gasteiger partial charge in [-0.3, -0.25) is 9.59 Å². The van der Waals surface area contributed by atoms with E-state index in [9.17, 15) is 9.59 Å². The second-order valence-corrected chi connectivity index (χ2v) is 7.19. The molecule has 0 aromatic heterocycles. The van der Waals surface area contributed by atoms with Crippen molar-refractivity contribution < 1.29 is 9.59 Å². The Hall–Kier alpha value is -1.32. The van der Waals surface area contributed by atoms with E-state index in [1.165, 1.54) is 51.4 Å². The van der Waals surface area contributed by atoms with Crippen LogP contribution in [0.5, 0.6) is 0 Å². The van der Waals surface area contributed by atoms with E-state index in [4.69, 9.17) is 0 Å². The normalized spacial score (nSPS) is 17.0. The van der Waals surface area contributed by atoms with Gasteiger partial charge in [-0.05, 0) is 19.3 Å². The van der Waals surface area contributed by atoms with Gasteiger partial charge in [-0.2, -0.15) is 0 Å². The fourth-order valence-electron chi connectivity index (χ4n) is 3.43. The number of hydrogen-bond acceptors (Lipinski definition) is 2. The average Bonchev–Trinajstić information content (AvgIpc) is 3.20. The lowest BCUT2D eigenvalue weighted by Crippen LogP contribution is -2.25. The number of unbranched alkanes of at least 4 members (excludes halogenated alkanes) is 7. The van der Waals surface area contributed by atoms with Crippen LogP contribution in [0.2, 0.25) is 0 Å². The second kappa shape index (κ2) is 13.9. The van der Waals surface area contributed by atoms with Crippen molar-refractivity contribution in [3.8, 4) is 0 Å². The van der Waals surface area contributed by atoms with Crippen molar-refractivity contribution in [3.63, 3.8) is 0 Å². The molecule has 0 unspecified atom stereocenters. The number of hydrogen-bond donors (Lipinski definition) is 0. The molecule has 4 nitrogen and oxygen atoms in total. The van der Waals surface area contributed by atoms with E-state index < -0.39 is 0 Å². The SMILES string of the molecule is C=CCN1CCCC1=O.CCCCCCCCCCN1CCCC1=O. The number of rotatable bonds is 11. The molecule has 2 fully saturated rings. The van der Waals surface area contributed by atoms with Crippen LogP contribution in [0, 0.1) is 0 Å². The third-order valence-electron chi connectivity index (χ3n) is 4.97. The molecule has 25 heavy (non-hydrogen) atoms. The Morgan fingerprint density at radius 3 is 1.84 bits per heavy atom. The van der Waals surface area contributed by atoms with Crippen LogP contribution < -0.4 is 0 Å². The second-order valence-electron chi connectivity index (χ2n) is 7.19. The van der Waals surface area contributed by atoms with Crippen LogP contribution in [0.3, 0.4) is 0 Å². The first-order valence-electron chi connectivity index (χ1n) is 10.4. The summed E-state index contributed by atoms with van der Waals surface area (Å²) in [5, 5.41) is 0. The zero-order valence-corrected chi connectivity index (χ0v) is 16.3. The minimum Gasteiger partial charge on any atom is -0.343 e. The standard InChI is InChI=1S/C14H27NO.C7H11NO/c1-2-3-4-5-6-7-8-9-12-15-13-10-11-14(15)16;1-2-5-8-6-3-4-7(8)9/h2-13H2,1H3;2H,1,3-6H2. The van der Waals surface area contributed by atoms with E-state index in [-0.39, 0.29) is 5.91 Å². The Morgan fingerprint density at radius 2 is 1.36 bits per heavy atom. The summed E-state index contributed by atoms with van der Waals surface area (Å²) in [5.41, 5.74) is 0. The zero-order chi connectivity index (χ0) is 18.3. The first kappa shape index (κ1) is 21.7. The van der Waals surface area contributed by atoms with Crippen molar-refractivity contribution in [2.45, 2.75) is 84.0 Å². The smallest absolute Gasteiger partial charge is 0.222 e. The molecular formula is C21H38N2O2. The average molecular weight is 351 g/mol. The molecule has 0 aromatic carbocycles. The van der Waals surface area contributed by atoms with Gasteiger partial charge >= 0.3 is 0 Å². The molecule has 0 atom stereocenters. The van der Waals surface area contributed by atoms with Gasteiger partial charge in [0.25, 0.3) is 0 Å². The fourth-order valence-corrected chi connectivity index (χ4v) is 3.43. The maximum absolute atomic E-state index is 11.3. The van der Waals surface area contributed by atoms with E-state index in [1.807, 2.05) is 9.80 Å². The van der Waals surface area contributed by atoms with Crippen LogP contribution in [0.15, 0.2) is 12.7 Å². The molecule has 4 heteroatoms. The van der Waals surface area contributed by atoms with Gasteiger partial charge in [0, 0.05) is 39.0 Å². The molecule has 0 aliphatic carbocycles. The summed E-state index contributed by atoms with van der Waals surface area (Å²) in [6.45, 7) is 9.48. The van der Waals surface area contributed by atoms with Crippen LogP contribution in [-0.2, 0) is 9.59 Å². The first-order valence-corrected chi connectivity index (χ1v) is 10.4. The zero-order valence-electron chi connectivity index (χ0n) is 16.3. The summed E-state index contributed by atoms with van der Waals surface area (Å²) in [4.78, 5) is 26.0. The summed E-state index contributed by atoms with van der Waals surface area (Å²) < 4.78 is 0. The van der Waals surface area contributed by atoms with Gasteiger partial charge < -0.3 is 9.80 Å². The molecular weight excluding hydrogens is 312 g/mol. The molecule has 2 heterocycles. The van der Waals surface area contributed by atoms with E-state index in [0.29, 0.717) is 5.91 Å². The van der Waals surface area contributed by atoms with Crippen molar-refractivity contribution in [1.29, 1.82) is 0 Å². The van der Waals surface area contributed by atoms with Crippen LogP contribution in [-0.4, -0.2) is 47.8 Å². The molecule has 0 bridgehead atoms. The molecule has 2 rings (SSSR count). The lowest BCUT2D eigenvalue weighted by molar-refractivity contribution is -0.128. The Morgan fingerprint density at radius 1 is 0.840 bits per heavy atom. The number of likely N-dealkylation sites (tertiary alicyclic amines) is 2. The summed E-state index contributed by atoms with van der Waals surface area (Å²) in [7, 11) is 0. The summed E-state index contributed by atoms with van der Waals surface area (Å²) >= 11 is 0. The summed E-state index contributed by atoms with van der Waals surface area (Å²) in [6, 6.07) is 0. The molecule has 0 N–H and O–H groups in total. The highest BCUT2D eigenvalue weighted by molar-refractivity contribution is 5.78. The van der Waals surface area contributed by atoms with E-state index in [0.717, 1.165) is 51.9 Å². The minimum absolute atomic E-state index is 0.273. The van der Waals surface area contributed by atoms with Crippen LogP contribution in [0.25, 0.3) is 0 Å². The highest BCUT2D eigenvalue weighted by Crippen LogP contribution is 2.13. The Balaban J connectivity index is 0.000000293. The number of nitrogens with zero attached hydrogens (tertiary/aromatic N) is 2. The largest absolute Gasteiger partial charge is 0.343 e. The quantitative estimate of drug-likeness (QED) is 0.405. The maximum Gasteiger partial charge on any atom is 0.222 e. The Kier molecular flexibility index (Phi) is 12.1. The van der Waals surface area contributed by atoms with Gasteiger partial charge in [0.2, 0.25) is 11.8 Å². The van der Waals surface area contributed by atoms with Crippen molar-refractivity contribution in [2.24, 2.45) is 0 Å². The van der Waals surface area contributed by atoms with E-state index >= 15 is 0 Å². The predicted octanol–water partition coefficient (Wildman–Crippen LogP) is 4.54. The predicted molar refractivity (Wildman–Crippen MR) is 104 cm³/mol. The van der Waals surface area contributed by atoms with Crippen LogP contribution >= 0.6 is 0 Å². The van der Waals surface area contributed by atoms with Gasteiger partial charge in [0.05, 0.1) is 0 Å². The van der Waals surface area contributed by atoms with Crippen molar-refractivity contribution in [2.75, 3.05) is 26.2 Å². The Bertz CT molecular complexity index is 395.